The van der Waals surface area contributed by atoms with Gasteiger partial charge in [-0.2, -0.15) is 0 Å². The van der Waals surface area contributed by atoms with Crippen LogP contribution in [0.1, 0.15) is 35.1 Å². The monoisotopic (exact) mass is 226 g/mol. The zero-order valence-electron chi connectivity index (χ0n) is 8.83. The molecule has 5 heteroatoms. The Morgan fingerprint density at radius 3 is 2.80 bits per heavy atom. The van der Waals surface area contributed by atoms with Gasteiger partial charge in [0.2, 0.25) is 0 Å². The van der Waals surface area contributed by atoms with Crippen molar-refractivity contribution in [2.75, 3.05) is 11.9 Å². The molecule has 1 aromatic heterocycles. The lowest BCUT2D eigenvalue weighted by Crippen LogP contribution is -2.11. The van der Waals surface area contributed by atoms with Gasteiger partial charge < -0.3 is 10.4 Å². The van der Waals surface area contributed by atoms with Crippen molar-refractivity contribution in [1.82, 2.24) is 4.98 Å². The van der Waals surface area contributed by atoms with Crippen molar-refractivity contribution in [3.8, 4) is 0 Å². The molecule has 1 fully saturated rings. The molecule has 0 unspecified atom stereocenters. The van der Waals surface area contributed by atoms with Crippen molar-refractivity contribution >= 4 is 22.4 Å². The second-order valence-corrected chi connectivity index (χ2v) is 5.40. The molecule has 2 rings (SSSR count). The number of nitrogens with zero attached hydrogens (tertiary/aromatic N) is 1. The van der Waals surface area contributed by atoms with Crippen molar-refractivity contribution in [3.05, 3.63) is 10.6 Å². The Hall–Kier alpha value is -1.10. The summed E-state index contributed by atoms with van der Waals surface area (Å²) in [5, 5.41) is 12.8. The van der Waals surface area contributed by atoms with Crippen LogP contribution in [0.4, 0.5) is 5.13 Å². The standard InChI is InChI=1S/C10H14N2O2S/c1-6-7(8(13)14)15-9(12-6)11-5-10(2)3-4-10/h3-5H2,1-2H3,(H,11,12)(H,13,14). The summed E-state index contributed by atoms with van der Waals surface area (Å²) in [6.07, 6.45) is 2.49. The number of carbonyl (C=O) groups is 1. The smallest absolute Gasteiger partial charge is 0.347 e. The number of hydrogen-bond donors (Lipinski definition) is 2. The molecule has 0 atom stereocenters. The maximum absolute atomic E-state index is 10.8. The summed E-state index contributed by atoms with van der Waals surface area (Å²) in [5.41, 5.74) is 0.999. The third kappa shape index (κ3) is 2.28. The van der Waals surface area contributed by atoms with Crippen molar-refractivity contribution in [3.63, 3.8) is 0 Å². The van der Waals surface area contributed by atoms with E-state index < -0.39 is 5.97 Å². The SMILES string of the molecule is Cc1nc(NCC2(C)CC2)sc1C(=O)O. The number of anilines is 1. The molecule has 0 saturated heterocycles. The predicted molar refractivity (Wildman–Crippen MR) is 59.6 cm³/mol. The van der Waals surface area contributed by atoms with Crippen molar-refractivity contribution in [2.24, 2.45) is 5.41 Å². The van der Waals surface area contributed by atoms with Crippen LogP contribution in [0.3, 0.4) is 0 Å². The lowest BCUT2D eigenvalue weighted by molar-refractivity contribution is 0.0701. The van der Waals surface area contributed by atoms with E-state index in [2.05, 4.69) is 17.2 Å². The number of carboxylic acids is 1. The third-order valence-electron chi connectivity index (χ3n) is 2.76. The maximum atomic E-state index is 10.8. The van der Waals surface area contributed by atoms with Gasteiger partial charge in [-0.05, 0) is 25.2 Å². The first-order chi connectivity index (χ1) is 7.00. The van der Waals surface area contributed by atoms with Crippen LogP contribution in [-0.4, -0.2) is 22.6 Å². The van der Waals surface area contributed by atoms with Crippen molar-refractivity contribution < 1.29 is 9.90 Å². The zero-order chi connectivity index (χ0) is 11.1. The molecule has 0 amide bonds. The van der Waals surface area contributed by atoms with E-state index in [1.807, 2.05) is 0 Å². The molecule has 82 valence electrons. The van der Waals surface area contributed by atoms with Crippen LogP contribution in [-0.2, 0) is 0 Å². The van der Waals surface area contributed by atoms with Gasteiger partial charge in [0, 0.05) is 6.54 Å². The van der Waals surface area contributed by atoms with Crippen LogP contribution >= 0.6 is 11.3 Å². The van der Waals surface area contributed by atoms with Crippen LogP contribution < -0.4 is 5.32 Å². The minimum atomic E-state index is -0.893. The molecule has 2 N–H and O–H groups in total. The van der Waals surface area contributed by atoms with Crippen LogP contribution in [0.2, 0.25) is 0 Å². The fourth-order valence-corrected chi connectivity index (χ4v) is 2.15. The first-order valence-electron chi connectivity index (χ1n) is 4.95. The molecule has 1 heterocycles. The van der Waals surface area contributed by atoms with E-state index >= 15 is 0 Å². The Morgan fingerprint density at radius 1 is 1.67 bits per heavy atom. The molecule has 15 heavy (non-hydrogen) atoms. The quantitative estimate of drug-likeness (QED) is 0.827. The maximum Gasteiger partial charge on any atom is 0.347 e. The Morgan fingerprint density at radius 2 is 2.33 bits per heavy atom. The average molecular weight is 226 g/mol. The summed E-state index contributed by atoms with van der Waals surface area (Å²) in [4.78, 5) is 15.3. The Bertz CT molecular complexity index is 396. The predicted octanol–water partition coefficient (Wildman–Crippen LogP) is 2.36. The van der Waals surface area contributed by atoms with Gasteiger partial charge in [0.25, 0.3) is 0 Å². The summed E-state index contributed by atoms with van der Waals surface area (Å²) >= 11 is 1.21. The number of thiazole rings is 1. The van der Waals surface area contributed by atoms with Gasteiger partial charge in [-0.25, -0.2) is 9.78 Å². The molecule has 0 spiro atoms. The number of nitrogens with one attached hydrogen (secondary N) is 1. The highest BCUT2D eigenvalue weighted by atomic mass is 32.1. The zero-order valence-corrected chi connectivity index (χ0v) is 9.65. The second kappa shape index (κ2) is 3.48. The molecule has 1 aliphatic carbocycles. The highest BCUT2D eigenvalue weighted by Gasteiger charge is 2.37. The molecule has 0 aromatic carbocycles. The first-order valence-corrected chi connectivity index (χ1v) is 5.76. The second-order valence-electron chi connectivity index (χ2n) is 4.40. The molecular weight excluding hydrogens is 212 g/mol. The van der Waals surface area contributed by atoms with E-state index in [9.17, 15) is 4.79 Å². The number of rotatable bonds is 4. The van der Waals surface area contributed by atoms with Crippen molar-refractivity contribution in [2.45, 2.75) is 26.7 Å². The number of aromatic nitrogens is 1. The summed E-state index contributed by atoms with van der Waals surface area (Å²) in [7, 11) is 0. The molecule has 1 aliphatic rings. The van der Waals surface area contributed by atoms with Gasteiger partial charge in [-0.3, -0.25) is 0 Å². The molecule has 0 bridgehead atoms. The number of aryl methyl sites for hydroxylation is 1. The van der Waals surface area contributed by atoms with E-state index in [1.165, 1.54) is 24.2 Å². The highest BCUT2D eigenvalue weighted by Crippen LogP contribution is 2.44. The van der Waals surface area contributed by atoms with E-state index in [0.29, 0.717) is 16.0 Å². The van der Waals surface area contributed by atoms with Gasteiger partial charge in [-0.1, -0.05) is 18.3 Å². The number of hydrogen-bond acceptors (Lipinski definition) is 4. The average Bonchev–Trinajstić information content (AvgIpc) is 2.75. The van der Waals surface area contributed by atoms with Gasteiger partial charge >= 0.3 is 5.97 Å². The number of aromatic carboxylic acids is 1. The highest BCUT2D eigenvalue weighted by molar-refractivity contribution is 7.17. The normalized spacial score (nSPS) is 17.5. The summed E-state index contributed by atoms with van der Waals surface area (Å²) in [6.45, 7) is 4.83. The van der Waals surface area contributed by atoms with Gasteiger partial charge in [0.15, 0.2) is 5.13 Å². The minimum Gasteiger partial charge on any atom is -0.477 e. The molecule has 4 nitrogen and oxygen atoms in total. The summed E-state index contributed by atoms with van der Waals surface area (Å²) in [6, 6.07) is 0. The number of carboxylic acid groups (broad SMARTS) is 1. The van der Waals surface area contributed by atoms with Crippen LogP contribution in [0.15, 0.2) is 0 Å². The van der Waals surface area contributed by atoms with Crippen LogP contribution in [0, 0.1) is 12.3 Å². The van der Waals surface area contributed by atoms with E-state index in [1.54, 1.807) is 6.92 Å². The molecule has 1 saturated carbocycles. The first kappa shape index (κ1) is 10.4. The fourth-order valence-electron chi connectivity index (χ4n) is 1.35. The Balaban J connectivity index is 2.02. The lowest BCUT2D eigenvalue weighted by atomic mass is 10.1. The van der Waals surface area contributed by atoms with E-state index in [4.69, 9.17) is 5.11 Å². The minimum absolute atomic E-state index is 0.332. The molecule has 0 radical (unpaired) electrons. The largest absolute Gasteiger partial charge is 0.477 e. The molecular formula is C10H14N2O2S. The summed E-state index contributed by atoms with van der Waals surface area (Å²) in [5.74, 6) is -0.893. The Kier molecular flexibility index (Phi) is 2.42. The Labute approximate surface area is 92.3 Å². The topological polar surface area (TPSA) is 62.2 Å². The van der Waals surface area contributed by atoms with E-state index in [-0.39, 0.29) is 0 Å². The van der Waals surface area contributed by atoms with Gasteiger partial charge in [0.05, 0.1) is 5.69 Å². The summed E-state index contributed by atoms with van der Waals surface area (Å²) < 4.78 is 0. The van der Waals surface area contributed by atoms with Crippen molar-refractivity contribution in [1.29, 1.82) is 0 Å². The molecule has 1 aromatic rings. The van der Waals surface area contributed by atoms with Crippen LogP contribution in [0.5, 0.6) is 0 Å². The fraction of sp³-hybridized carbons (Fsp3) is 0.600. The van der Waals surface area contributed by atoms with Gasteiger partial charge in [0.1, 0.15) is 4.88 Å². The lowest BCUT2D eigenvalue weighted by Gasteiger charge is -2.07. The van der Waals surface area contributed by atoms with Gasteiger partial charge in [-0.15, -0.1) is 0 Å². The third-order valence-corrected chi connectivity index (χ3v) is 3.86. The van der Waals surface area contributed by atoms with Crippen LogP contribution in [0.25, 0.3) is 0 Å². The molecule has 0 aliphatic heterocycles. The van der Waals surface area contributed by atoms with E-state index in [0.717, 1.165) is 11.7 Å².